The Kier molecular flexibility index (Phi) is 6.32. The van der Waals surface area contributed by atoms with Gasteiger partial charge in [0.15, 0.2) is 0 Å². The smallest absolute Gasteiger partial charge is 0.101 e. The maximum absolute atomic E-state index is 10.5. The summed E-state index contributed by atoms with van der Waals surface area (Å²) in [5.41, 5.74) is 0.237. The van der Waals surface area contributed by atoms with Gasteiger partial charge in [0.1, 0.15) is 6.07 Å². The van der Waals surface area contributed by atoms with Crippen LogP contribution in [0.5, 0.6) is 0 Å². The molecule has 0 fully saturated rings. The van der Waals surface area contributed by atoms with Gasteiger partial charge in [-0.3, -0.25) is 4.21 Å². The van der Waals surface area contributed by atoms with Crippen LogP contribution in [0.25, 0.3) is 0 Å². The summed E-state index contributed by atoms with van der Waals surface area (Å²) in [4.78, 5) is 0.799. The van der Waals surface area contributed by atoms with Crippen molar-refractivity contribution in [3.63, 3.8) is 0 Å². The molecule has 1 N–H and O–H groups in total. The summed E-state index contributed by atoms with van der Waals surface area (Å²) < 4.78 is 21.0. The minimum Gasteiger partial charge on any atom is -0.768 e. The van der Waals surface area contributed by atoms with Gasteiger partial charge < -0.3 is 9.66 Å². The lowest BCUT2D eigenvalue weighted by molar-refractivity contribution is 0.318. The van der Waals surface area contributed by atoms with Crippen LogP contribution in [0.4, 0.5) is 0 Å². The van der Waals surface area contributed by atoms with Gasteiger partial charge in [-0.1, -0.05) is 0 Å². The van der Waals surface area contributed by atoms with Gasteiger partial charge >= 0.3 is 0 Å². The first kappa shape index (κ1) is 13.3. The molecule has 1 aromatic rings. The van der Waals surface area contributed by atoms with E-state index >= 15 is 0 Å². The average Bonchev–Trinajstić information content (AvgIpc) is 2.47. The van der Waals surface area contributed by atoms with Crippen LogP contribution in [0.1, 0.15) is 17.4 Å². The highest BCUT2D eigenvalue weighted by atomic mass is 32.2. The molecule has 1 atom stereocenters. The van der Waals surface area contributed by atoms with Gasteiger partial charge in [-0.25, -0.2) is 0 Å². The fraction of sp³-hybridized carbons (Fsp3) is 0.375. The molecule has 0 radical (unpaired) electrons. The monoisotopic (exact) mass is 232 g/mol. The standard InChI is InChI=1S/C6H5NO2S2.C2H6O/c1-4-6(11(8)9)5(2-7)3-10-4;1-2-3/h3H,1H3,(H,8,9);3H,2H2,1H3/p-1. The van der Waals surface area contributed by atoms with Crippen LogP contribution >= 0.6 is 11.3 Å². The first-order chi connectivity index (χ1) is 6.58. The quantitative estimate of drug-likeness (QED) is 0.736. The Labute approximate surface area is 89.1 Å². The van der Waals surface area contributed by atoms with Crippen LogP contribution in [-0.2, 0) is 11.1 Å². The summed E-state index contributed by atoms with van der Waals surface area (Å²) in [5, 5.41) is 17.6. The number of aliphatic hydroxyl groups is 1. The lowest BCUT2D eigenvalue weighted by Crippen LogP contribution is -1.90. The van der Waals surface area contributed by atoms with E-state index in [-0.39, 0.29) is 17.1 Å². The van der Waals surface area contributed by atoms with Crippen molar-refractivity contribution in [2.45, 2.75) is 18.7 Å². The SMILES string of the molecule is CCO.Cc1scc(C#N)c1S(=O)[O-]. The molecule has 1 rings (SSSR count). The predicted octanol–water partition coefficient (Wildman–Crippen LogP) is 1.16. The molecule has 0 aliphatic carbocycles. The van der Waals surface area contributed by atoms with Gasteiger partial charge in [-0.15, -0.1) is 11.3 Å². The Morgan fingerprint density at radius 1 is 1.79 bits per heavy atom. The molecule has 1 aromatic heterocycles. The third-order valence-corrected chi connectivity index (χ3v) is 3.10. The van der Waals surface area contributed by atoms with Gasteiger partial charge in [0.05, 0.1) is 10.5 Å². The van der Waals surface area contributed by atoms with E-state index in [0.717, 1.165) is 0 Å². The molecule has 6 heteroatoms. The molecule has 0 aromatic carbocycles. The fourth-order valence-corrected chi connectivity index (χ4v) is 2.35. The van der Waals surface area contributed by atoms with Crippen molar-refractivity contribution in [3.8, 4) is 6.07 Å². The molecule has 1 heterocycles. The van der Waals surface area contributed by atoms with Crippen LogP contribution in [0.15, 0.2) is 10.3 Å². The molecule has 0 aliphatic heterocycles. The molecule has 1 unspecified atom stereocenters. The Balaban J connectivity index is 0.000000500. The molecule has 0 spiro atoms. The van der Waals surface area contributed by atoms with E-state index in [2.05, 4.69) is 0 Å². The summed E-state index contributed by atoms with van der Waals surface area (Å²) >= 11 is -1.01. The van der Waals surface area contributed by atoms with Crippen molar-refractivity contribution in [1.29, 1.82) is 5.26 Å². The first-order valence-corrected chi connectivity index (χ1v) is 5.72. The van der Waals surface area contributed by atoms with Gasteiger partial charge in [-0.2, -0.15) is 5.26 Å². The van der Waals surface area contributed by atoms with Crippen LogP contribution in [0.2, 0.25) is 0 Å². The average molecular weight is 232 g/mol. The summed E-state index contributed by atoms with van der Waals surface area (Å²) in [7, 11) is 0. The molecular weight excluding hydrogens is 222 g/mol. The summed E-state index contributed by atoms with van der Waals surface area (Å²) in [6, 6.07) is 1.82. The molecule has 0 bridgehead atoms. The molecule has 0 saturated carbocycles. The first-order valence-electron chi connectivity index (χ1n) is 3.76. The van der Waals surface area contributed by atoms with Crippen LogP contribution in [0, 0.1) is 18.3 Å². The topological polar surface area (TPSA) is 84.1 Å². The molecule has 0 amide bonds. The molecule has 14 heavy (non-hydrogen) atoms. The number of aliphatic hydroxyl groups excluding tert-OH is 1. The zero-order chi connectivity index (χ0) is 11.1. The number of hydrogen-bond acceptors (Lipinski definition) is 5. The second-order valence-corrected chi connectivity index (χ2v) is 4.16. The minimum atomic E-state index is -2.28. The summed E-state index contributed by atoms with van der Waals surface area (Å²) in [5.74, 6) is 0. The number of aryl methyl sites for hydroxylation is 1. The van der Waals surface area contributed by atoms with E-state index in [1.165, 1.54) is 11.3 Å². The van der Waals surface area contributed by atoms with Gasteiger partial charge in [0.2, 0.25) is 0 Å². The minimum absolute atomic E-state index is 0.137. The normalized spacial score (nSPS) is 11.1. The highest BCUT2D eigenvalue weighted by Crippen LogP contribution is 2.23. The molecule has 78 valence electrons. The van der Waals surface area contributed by atoms with Gasteiger partial charge in [0, 0.05) is 16.9 Å². The van der Waals surface area contributed by atoms with Gasteiger partial charge in [-0.05, 0) is 24.9 Å². The Bertz CT molecular complexity index is 354. The van der Waals surface area contributed by atoms with Crippen molar-refractivity contribution in [1.82, 2.24) is 0 Å². The third-order valence-electron chi connectivity index (χ3n) is 1.21. The number of nitriles is 1. The van der Waals surface area contributed by atoms with Crippen LogP contribution in [0.3, 0.4) is 0 Å². The zero-order valence-electron chi connectivity index (χ0n) is 7.81. The number of hydrogen-bond donors (Lipinski definition) is 1. The van der Waals surface area contributed by atoms with Crippen molar-refractivity contribution >= 4 is 22.4 Å². The second-order valence-electron chi connectivity index (χ2n) is 2.20. The Morgan fingerprint density at radius 3 is 2.57 bits per heavy atom. The maximum Gasteiger partial charge on any atom is 0.101 e. The van der Waals surface area contributed by atoms with Crippen molar-refractivity contribution in [2.24, 2.45) is 0 Å². The Morgan fingerprint density at radius 2 is 2.29 bits per heavy atom. The van der Waals surface area contributed by atoms with Crippen molar-refractivity contribution in [2.75, 3.05) is 6.61 Å². The molecule has 0 saturated heterocycles. The number of nitrogens with zero attached hydrogens (tertiary/aromatic N) is 1. The van der Waals surface area contributed by atoms with Crippen molar-refractivity contribution in [3.05, 3.63) is 15.8 Å². The van der Waals surface area contributed by atoms with E-state index in [9.17, 15) is 8.76 Å². The van der Waals surface area contributed by atoms with Crippen LogP contribution < -0.4 is 0 Å². The second kappa shape index (κ2) is 6.68. The summed E-state index contributed by atoms with van der Waals surface area (Å²) in [6.07, 6.45) is 0. The molecule has 4 nitrogen and oxygen atoms in total. The lowest BCUT2D eigenvalue weighted by Gasteiger charge is -2.03. The molecular formula is C8H10NO3S2-. The van der Waals surface area contributed by atoms with E-state index in [1.807, 2.05) is 6.07 Å². The summed E-state index contributed by atoms with van der Waals surface area (Å²) in [6.45, 7) is 3.61. The van der Waals surface area contributed by atoms with Crippen LogP contribution in [-0.4, -0.2) is 20.5 Å². The fourth-order valence-electron chi connectivity index (χ4n) is 0.728. The highest BCUT2D eigenvalue weighted by Gasteiger charge is 2.07. The van der Waals surface area contributed by atoms with E-state index in [0.29, 0.717) is 4.88 Å². The third kappa shape index (κ3) is 3.55. The predicted molar refractivity (Wildman–Crippen MR) is 53.7 cm³/mol. The van der Waals surface area contributed by atoms with E-state index < -0.39 is 11.1 Å². The Hall–Kier alpha value is -0.740. The number of rotatable bonds is 1. The molecule has 0 aliphatic rings. The maximum atomic E-state index is 10.5. The van der Waals surface area contributed by atoms with Crippen molar-refractivity contribution < 1.29 is 13.9 Å². The number of thiophene rings is 1. The van der Waals surface area contributed by atoms with Gasteiger partial charge in [0.25, 0.3) is 0 Å². The van der Waals surface area contributed by atoms with E-state index in [1.54, 1.807) is 19.2 Å². The zero-order valence-corrected chi connectivity index (χ0v) is 9.44. The highest BCUT2D eigenvalue weighted by molar-refractivity contribution is 7.79. The lowest BCUT2D eigenvalue weighted by atomic mass is 10.3. The largest absolute Gasteiger partial charge is 0.768 e. The van der Waals surface area contributed by atoms with E-state index in [4.69, 9.17) is 10.4 Å².